The van der Waals surface area contributed by atoms with Crippen LogP contribution in [0.5, 0.6) is 0 Å². The summed E-state index contributed by atoms with van der Waals surface area (Å²) < 4.78 is 0. The Bertz CT molecular complexity index is 512. The Labute approximate surface area is 140 Å². The third-order valence-corrected chi connectivity index (χ3v) is 8.84. The SMILES string of the molecule is C=C[C@H]1CC[C@H]2[C@@H]3CCC4CCCC[C@]4(C)[C@H]3CC[C@]12C(=O)O. The lowest BCUT2D eigenvalue weighted by Crippen LogP contribution is -2.55. The minimum atomic E-state index is -0.528. The monoisotopic (exact) mass is 316 g/mol. The maximum absolute atomic E-state index is 12.3. The smallest absolute Gasteiger partial charge is 0.310 e. The maximum Gasteiger partial charge on any atom is 0.310 e. The number of hydrogen-bond donors (Lipinski definition) is 1. The number of carboxylic acids is 1. The molecule has 0 saturated heterocycles. The lowest BCUT2D eigenvalue weighted by atomic mass is 9.44. The molecule has 0 amide bonds. The van der Waals surface area contributed by atoms with Crippen molar-refractivity contribution in [1.29, 1.82) is 0 Å². The highest BCUT2D eigenvalue weighted by Gasteiger charge is 2.63. The number of carbonyl (C=O) groups is 1. The number of fused-ring (bicyclic) bond motifs is 5. The van der Waals surface area contributed by atoms with E-state index in [4.69, 9.17) is 0 Å². The average Bonchev–Trinajstić information content (AvgIpc) is 2.94. The summed E-state index contributed by atoms with van der Waals surface area (Å²) in [6.45, 7) is 6.54. The van der Waals surface area contributed by atoms with Gasteiger partial charge in [0.2, 0.25) is 0 Å². The van der Waals surface area contributed by atoms with Gasteiger partial charge in [-0.15, -0.1) is 6.58 Å². The number of allylic oxidation sites excluding steroid dienone is 1. The van der Waals surface area contributed by atoms with Gasteiger partial charge in [0.25, 0.3) is 0 Å². The van der Waals surface area contributed by atoms with E-state index >= 15 is 0 Å². The molecule has 23 heavy (non-hydrogen) atoms. The zero-order valence-electron chi connectivity index (χ0n) is 14.6. The van der Waals surface area contributed by atoms with E-state index in [1.165, 1.54) is 38.5 Å². The summed E-state index contributed by atoms with van der Waals surface area (Å²) in [5, 5.41) is 10.1. The van der Waals surface area contributed by atoms with E-state index in [0.29, 0.717) is 17.3 Å². The highest BCUT2D eigenvalue weighted by Crippen LogP contribution is 2.67. The van der Waals surface area contributed by atoms with Crippen molar-refractivity contribution < 1.29 is 9.90 Å². The predicted molar refractivity (Wildman–Crippen MR) is 92.0 cm³/mol. The molecule has 4 rings (SSSR count). The summed E-state index contributed by atoms with van der Waals surface area (Å²) in [5.41, 5.74) is 0.0128. The molecule has 1 N–H and O–H groups in total. The quantitative estimate of drug-likeness (QED) is 0.703. The van der Waals surface area contributed by atoms with Crippen LogP contribution in [-0.4, -0.2) is 11.1 Å². The molecule has 0 aromatic carbocycles. The van der Waals surface area contributed by atoms with Crippen LogP contribution in [0.15, 0.2) is 12.7 Å². The Balaban J connectivity index is 1.69. The molecule has 0 aromatic rings. The molecule has 4 fully saturated rings. The first-order valence-corrected chi connectivity index (χ1v) is 9.90. The van der Waals surface area contributed by atoms with Gasteiger partial charge in [0.05, 0.1) is 5.41 Å². The van der Waals surface area contributed by atoms with Gasteiger partial charge in [0.15, 0.2) is 0 Å². The zero-order chi connectivity index (χ0) is 16.2. The topological polar surface area (TPSA) is 37.3 Å². The summed E-state index contributed by atoms with van der Waals surface area (Å²) in [6, 6.07) is 0. The first-order valence-electron chi connectivity index (χ1n) is 9.90. The molecule has 2 nitrogen and oxygen atoms in total. The van der Waals surface area contributed by atoms with Gasteiger partial charge >= 0.3 is 5.97 Å². The molecule has 0 heterocycles. The molecule has 0 aliphatic heterocycles. The van der Waals surface area contributed by atoms with Crippen LogP contribution in [0.2, 0.25) is 0 Å². The van der Waals surface area contributed by atoms with Crippen LogP contribution in [-0.2, 0) is 4.79 Å². The molecule has 4 aliphatic rings. The Kier molecular flexibility index (Phi) is 3.66. The lowest BCUT2D eigenvalue weighted by Gasteiger charge is -2.60. The molecule has 2 heteroatoms. The van der Waals surface area contributed by atoms with E-state index in [1.54, 1.807) is 0 Å². The van der Waals surface area contributed by atoms with E-state index in [9.17, 15) is 9.90 Å². The molecule has 0 spiro atoms. The summed E-state index contributed by atoms with van der Waals surface area (Å²) >= 11 is 0. The second kappa shape index (κ2) is 5.36. The Morgan fingerprint density at radius 2 is 1.87 bits per heavy atom. The van der Waals surface area contributed by atoms with Crippen molar-refractivity contribution in [3.63, 3.8) is 0 Å². The van der Waals surface area contributed by atoms with Crippen LogP contribution in [0.25, 0.3) is 0 Å². The van der Waals surface area contributed by atoms with Gasteiger partial charge in [-0.1, -0.05) is 25.8 Å². The Morgan fingerprint density at radius 3 is 2.61 bits per heavy atom. The predicted octanol–water partition coefficient (Wildman–Crippen LogP) is 5.29. The van der Waals surface area contributed by atoms with Gasteiger partial charge < -0.3 is 5.11 Å². The van der Waals surface area contributed by atoms with Gasteiger partial charge in [-0.25, -0.2) is 0 Å². The van der Waals surface area contributed by atoms with Gasteiger partial charge in [-0.2, -0.15) is 0 Å². The highest BCUT2D eigenvalue weighted by molar-refractivity contribution is 5.76. The van der Waals surface area contributed by atoms with Crippen LogP contribution in [0.3, 0.4) is 0 Å². The lowest BCUT2D eigenvalue weighted by molar-refractivity contribution is -0.168. The normalized spacial score (nSPS) is 52.1. The molecular weight excluding hydrogens is 284 g/mol. The van der Waals surface area contributed by atoms with Crippen molar-refractivity contribution in [3.05, 3.63) is 12.7 Å². The van der Waals surface area contributed by atoms with E-state index in [-0.39, 0.29) is 5.92 Å². The maximum atomic E-state index is 12.3. The zero-order valence-corrected chi connectivity index (χ0v) is 14.6. The minimum absolute atomic E-state index is 0.197. The molecule has 4 saturated carbocycles. The van der Waals surface area contributed by atoms with Gasteiger partial charge in [0.1, 0.15) is 0 Å². The summed E-state index contributed by atoms with van der Waals surface area (Å²) in [7, 11) is 0. The van der Waals surface area contributed by atoms with E-state index in [1.807, 2.05) is 6.08 Å². The third-order valence-electron chi connectivity index (χ3n) is 8.84. The van der Waals surface area contributed by atoms with Crippen molar-refractivity contribution >= 4 is 5.97 Å². The average molecular weight is 316 g/mol. The Morgan fingerprint density at radius 1 is 1.04 bits per heavy atom. The summed E-state index contributed by atoms with van der Waals surface area (Å²) in [6.07, 6.45) is 14.4. The fourth-order valence-corrected chi connectivity index (χ4v) is 7.76. The second-order valence-electron chi connectivity index (χ2n) is 9.21. The van der Waals surface area contributed by atoms with Crippen LogP contribution >= 0.6 is 0 Å². The van der Waals surface area contributed by atoms with Gasteiger partial charge in [-0.05, 0) is 86.4 Å². The third kappa shape index (κ3) is 1.96. The minimum Gasteiger partial charge on any atom is -0.481 e. The molecule has 0 aromatic heterocycles. The van der Waals surface area contributed by atoms with E-state index in [2.05, 4.69) is 13.5 Å². The molecule has 0 radical (unpaired) electrons. The van der Waals surface area contributed by atoms with Crippen molar-refractivity contribution in [1.82, 2.24) is 0 Å². The largest absolute Gasteiger partial charge is 0.481 e. The van der Waals surface area contributed by atoms with Crippen LogP contribution < -0.4 is 0 Å². The van der Waals surface area contributed by atoms with Crippen LogP contribution in [0, 0.1) is 40.4 Å². The molecule has 128 valence electrons. The standard InChI is InChI=1S/C21H32O2/c1-3-14-8-10-18-16-9-7-15-6-4-5-12-20(15,2)17(16)11-13-21(14,18)19(22)23/h3,14-18H,1,4-13H2,2H3,(H,22,23)/t14-,15?,16+,17-,18-,20-,21-/m0/s1. The molecule has 4 aliphatic carbocycles. The van der Waals surface area contributed by atoms with Crippen molar-refractivity contribution in [2.24, 2.45) is 40.4 Å². The fraction of sp³-hybridized carbons (Fsp3) is 0.857. The van der Waals surface area contributed by atoms with Gasteiger partial charge in [0, 0.05) is 0 Å². The first kappa shape index (κ1) is 15.7. The fourth-order valence-electron chi connectivity index (χ4n) is 7.76. The van der Waals surface area contributed by atoms with Crippen molar-refractivity contribution in [3.8, 4) is 0 Å². The van der Waals surface area contributed by atoms with Crippen molar-refractivity contribution in [2.45, 2.75) is 71.1 Å². The summed E-state index contributed by atoms with van der Waals surface area (Å²) in [4.78, 5) is 12.3. The number of aliphatic carboxylic acids is 1. The van der Waals surface area contributed by atoms with E-state index < -0.39 is 11.4 Å². The number of hydrogen-bond acceptors (Lipinski definition) is 1. The van der Waals surface area contributed by atoms with Gasteiger partial charge in [-0.3, -0.25) is 4.79 Å². The molecule has 0 bridgehead atoms. The van der Waals surface area contributed by atoms with Crippen LogP contribution in [0.1, 0.15) is 71.1 Å². The molecule has 7 atom stereocenters. The summed E-state index contributed by atoms with van der Waals surface area (Å²) in [5.74, 6) is 2.42. The van der Waals surface area contributed by atoms with E-state index in [0.717, 1.165) is 37.5 Å². The Hall–Kier alpha value is -0.790. The van der Waals surface area contributed by atoms with Crippen LogP contribution in [0.4, 0.5) is 0 Å². The number of carboxylic acid groups (broad SMARTS) is 1. The second-order valence-corrected chi connectivity index (χ2v) is 9.21. The van der Waals surface area contributed by atoms with Crippen molar-refractivity contribution in [2.75, 3.05) is 0 Å². The highest BCUT2D eigenvalue weighted by atomic mass is 16.4. The molecular formula is C21H32O2. The first-order chi connectivity index (χ1) is 11.0. The number of rotatable bonds is 2. The molecule has 1 unspecified atom stereocenters.